The summed E-state index contributed by atoms with van der Waals surface area (Å²) in [5.41, 5.74) is 6.01. The smallest absolute Gasteiger partial charge is 0.416 e. The molecule has 0 fully saturated rings. The minimum absolute atomic E-state index is 0.113. The predicted octanol–water partition coefficient (Wildman–Crippen LogP) is 9.57. The first-order chi connectivity index (χ1) is 22.9. The normalized spacial score (nSPS) is 15.9. The van der Waals surface area contributed by atoms with Gasteiger partial charge in [0.2, 0.25) is 0 Å². The van der Waals surface area contributed by atoms with Gasteiger partial charge in [-0.2, -0.15) is 13.2 Å². The topological polar surface area (TPSA) is 61.8 Å². The Labute approximate surface area is 276 Å². The largest absolute Gasteiger partial charge is 0.497 e. The number of fused-ring (bicyclic) bond motifs is 5. The van der Waals surface area contributed by atoms with Crippen LogP contribution in [0.3, 0.4) is 0 Å². The van der Waals surface area contributed by atoms with Crippen molar-refractivity contribution >= 4 is 33.8 Å². The lowest BCUT2D eigenvalue weighted by Gasteiger charge is -2.36. The second kappa shape index (κ2) is 12.7. The summed E-state index contributed by atoms with van der Waals surface area (Å²) >= 11 is 0. The molecule has 4 aromatic rings. The Bertz CT molecular complexity index is 2070. The van der Waals surface area contributed by atoms with E-state index in [0.29, 0.717) is 57.2 Å². The van der Waals surface area contributed by atoms with Crippen molar-refractivity contribution < 1.29 is 37.0 Å². The fraction of sp³-hybridized carbons (Fsp3) is 0.225. The second-order valence-corrected chi connectivity index (χ2v) is 12.5. The van der Waals surface area contributed by atoms with Gasteiger partial charge in [-0.15, -0.1) is 0 Å². The van der Waals surface area contributed by atoms with E-state index in [1.54, 1.807) is 30.3 Å². The number of ether oxygens (including phenoxy) is 3. The van der Waals surface area contributed by atoms with Crippen LogP contribution in [0.25, 0.3) is 33.0 Å². The third-order valence-corrected chi connectivity index (χ3v) is 9.10. The SMILES string of the molecule is COC(=O)C1=COc2ccccc2C1.COc1ccc(-c2cc(C(F)(F)F)cc3ccc4c(c23)C(=C=O)CC2=C4C=CCC2(C)C)cc1. The standard InChI is InChI=1S/C29H23F3O2.C11H10O3/c1-28(2)12-4-5-22-23-11-8-18-13-20(29(30,31)32)15-24(17-6-9-21(34-3)10-7-17)26(18)27(23)19(16-33)14-25(22)28;1-13-11(12)9-6-8-4-2-3-5-10(8)14-7-9/h4-11,13,15H,12,14H2,1-3H3;2-5,7H,6H2,1H3. The maximum atomic E-state index is 13.8. The maximum absolute atomic E-state index is 13.8. The molecule has 3 aliphatic rings. The van der Waals surface area contributed by atoms with Crippen molar-refractivity contribution in [1.29, 1.82) is 0 Å². The molecule has 0 aromatic heterocycles. The van der Waals surface area contributed by atoms with Crippen molar-refractivity contribution in [2.75, 3.05) is 14.2 Å². The van der Waals surface area contributed by atoms with E-state index in [4.69, 9.17) is 9.47 Å². The molecule has 244 valence electrons. The van der Waals surface area contributed by atoms with Gasteiger partial charge >= 0.3 is 12.1 Å². The van der Waals surface area contributed by atoms with Gasteiger partial charge in [0.15, 0.2) is 0 Å². The highest BCUT2D eigenvalue weighted by molar-refractivity contribution is 6.13. The maximum Gasteiger partial charge on any atom is 0.416 e. The fourth-order valence-electron chi connectivity index (χ4n) is 6.56. The number of halogens is 3. The number of carbonyl (C=O) groups excluding carboxylic acids is 2. The Balaban J connectivity index is 0.000000239. The van der Waals surface area contributed by atoms with Crippen molar-refractivity contribution in [2.24, 2.45) is 5.41 Å². The highest BCUT2D eigenvalue weighted by Gasteiger charge is 2.36. The molecule has 0 spiro atoms. The summed E-state index contributed by atoms with van der Waals surface area (Å²) in [6.07, 6.45) is 3.03. The molecule has 48 heavy (non-hydrogen) atoms. The lowest BCUT2D eigenvalue weighted by atomic mass is 9.67. The van der Waals surface area contributed by atoms with Gasteiger partial charge in [0.25, 0.3) is 0 Å². The molecule has 0 atom stereocenters. The van der Waals surface area contributed by atoms with Crippen molar-refractivity contribution in [1.82, 2.24) is 0 Å². The first-order valence-corrected chi connectivity index (χ1v) is 15.4. The van der Waals surface area contributed by atoms with Crippen LogP contribution >= 0.6 is 0 Å². The number of methoxy groups -OCH3 is 2. The number of rotatable bonds is 3. The van der Waals surface area contributed by atoms with Crippen LogP contribution in [0.1, 0.15) is 48.9 Å². The first-order valence-electron chi connectivity index (χ1n) is 15.4. The summed E-state index contributed by atoms with van der Waals surface area (Å²) in [5.74, 6) is 3.21. The van der Waals surface area contributed by atoms with E-state index in [1.807, 2.05) is 30.3 Å². The molecule has 7 rings (SSSR count). The molecule has 0 bridgehead atoms. The number of allylic oxidation sites excluding steroid dienone is 5. The third kappa shape index (κ3) is 6.07. The molecular weight excluding hydrogens is 617 g/mol. The molecule has 1 heterocycles. The summed E-state index contributed by atoms with van der Waals surface area (Å²) in [7, 11) is 2.90. The highest BCUT2D eigenvalue weighted by atomic mass is 19.4. The van der Waals surface area contributed by atoms with Crippen LogP contribution in [-0.4, -0.2) is 26.1 Å². The Kier molecular flexibility index (Phi) is 8.63. The Morgan fingerprint density at radius 1 is 0.938 bits per heavy atom. The molecule has 0 amide bonds. The minimum Gasteiger partial charge on any atom is -0.497 e. The summed E-state index contributed by atoms with van der Waals surface area (Å²) in [6, 6.07) is 20.5. The summed E-state index contributed by atoms with van der Waals surface area (Å²) < 4.78 is 56.6. The van der Waals surface area contributed by atoms with Crippen molar-refractivity contribution in [3.63, 3.8) is 0 Å². The van der Waals surface area contributed by atoms with Gasteiger partial charge in [0.1, 0.15) is 23.7 Å². The van der Waals surface area contributed by atoms with Crippen LogP contribution in [0.5, 0.6) is 11.5 Å². The van der Waals surface area contributed by atoms with E-state index in [2.05, 4.69) is 36.7 Å². The highest BCUT2D eigenvalue weighted by Crippen LogP contribution is 2.52. The number of carbonyl (C=O) groups is 1. The van der Waals surface area contributed by atoms with Crippen LogP contribution < -0.4 is 9.47 Å². The van der Waals surface area contributed by atoms with Gasteiger partial charge in [0, 0.05) is 24.0 Å². The molecule has 0 saturated carbocycles. The molecule has 1 aliphatic heterocycles. The van der Waals surface area contributed by atoms with E-state index >= 15 is 0 Å². The second-order valence-electron chi connectivity index (χ2n) is 12.5. The van der Waals surface area contributed by atoms with Crippen LogP contribution in [0, 0.1) is 5.41 Å². The number of hydrogen-bond acceptors (Lipinski definition) is 5. The van der Waals surface area contributed by atoms with Crippen LogP contribution in [0.4, 0.5) is 13.2 Å². The molecule has 0 saturated heterocycles. The Hall–Kier alpha value is -5.33. The summed E-state index contributed by atoms with van der Waals surface area (Å²) in [4.78, 5) is 23.4. The minimum atomic E-state index is -4.50. The summed E-state index contributed by atoms with van der Waals surface area (Å²) in [6.45, 7) is 4.30. The van der Waals surface area contributed by atoms with E-state index in [-0.39, 0.29) is 11.4 Å². The molecule has 4 aromatic carbocycles. The van der Waals surface area contributed by atoms with Gasteiger partial charge < -0.3 is 14.2 Å². The van der Waals surface area contributed by atoms with E-state index < -0.39 is 11.7 Å². The number of hydrogen-bond donors (Lipinski definition) is 0. The Morgan fingerprint density at radius 3 is 2.38 bits per heavy atom. The van der Waals surface area contributed by atoms with E-state index in [0.717, 1.165) is 40.5 Å². The molecule has 0 unspecified atom stereocenters. The molecule has 2 aliphatic carbocycles. The zero-order chi connectivity index (χ0) is 34.2. The quantitative estimate of drug-likeness (QED) is 0.163. The molecule has 5 nitrogen and oxygen atoms in total. The van der Waals surface area contributed by atoms with E-state index in [1.165, 1.54) is 26.5 Å². The monoisotopic (exact) mass is 650 g/mol. The van der Waals surface area contributed by atoms with Crippen LogP contribution in [-0.2, 0) is 26.9 Å². The fourth-order valence-corrected chi connectivity index (χ4v) is 6.56. The van der Waals surface area contributed by atoms with E-state index in [9.17, 15) is 22.8 Å². The van der Waals surface area contributed by atoms with Gasteiger partial charge in [-0.3, -0.25) is 0 Å². The van der Waals surface area contributed by atoms with Crippen LogP contribution in [0.2, 0.25) is 0 Å². The van der Waals surface area contributed by atoms with Crippen molar-refractivity contribution in [3.05, 3.63) is 125 Å². The number of benzene rings is 4. The van der Waals surface area contributed by atoms with Gasteiger partial charge in [-0.25, -0.2) is 9.59 Å². The zero-order valence-electron chi connectivity index (χ0n) is 27.0. The molecule has 0 radical (unpaired) electrons. The predicted molar refractivity (Wildman–Crippen MR) is 180 cm³/mol. The molecular formula is C40H33F3O5. The van der Waals surface area contributed by atoms with Crippen LogP contribution in [0.15, 0.2) is 102 Å². The Morgan fingerprint density at radius 2 is 1.69 bits per heavy atom. The van der Waals surface area contributed by atoms with Gasteiger partial charge in [0.05, 0.1) is 25.4 Å². The molecule has 8 heteroatoms. The average Bonchev–Trinajstić information content (AvgIpc) is 3.09. The van der Waals surface area contributed by atoms with Crippen molar-refractivity contribution in [3.8, 4) is 22.6 Å². The average molecular weight is 651 g/mol. The van der Waals surface area contributed by atoms with Crippen molar-refractivity contribution in [2.45, 2.75) is 39.3 Å². The lowest BCUT2D eigenvalue weighted by molar-refractivity contribution is -0.137. The summed E-state index contributed by atoms with van der Waals surface area (Å²) in [5, 5.41) is 1.08. The number of esters is 1. The van der Waals surface area contributed by atoms with Gasteiger partial charge in [-0.05, 0) is 80.8 Å². The first kappa shape index (κ1) is 32.6. The molecule has 0 N–H and O–H groups in total. The third-order valence-electron chi connectivity index (χ3n) is 9.10. The lowest BCUT2D eigenvalue weighted by Crippen LogP contribution is -2.21. The van der Waals surface area contributed by atoms with Gasteiger partial charge in [-0.1, -0.05) is 74.0 Å². The zero-order valence-corrected chi connectivity index (χ0v) is 27.0. The number of alkyl halides is 3. The number of para-hydroxylation sites is 1.